The molecule has 1 aliphatic rings. The van der Waals surface area contributed by atoms with E-state index in [9.17, 15) is 4.79 Å². The fourth-order valence-corrected chi connectivity index (χ4v) is 4.16. The van der Waals surface area contributed by atoms with Gasteiger partial charge in [-0.25, -0.2) is 0 Å². The van der Waals surface area contributed by atoms with Gasteiger partial charge in [0.25, 0.3) is 0 Å². The average Bonchev–Trinajstić information content (AvgIpc) is 2.61. The standard InChI is InChI=1S/C22H32O/c1-3-5-6-8-18-9-13-20(14-10-18)22(7-4-2)21-15-11-19(17-23)12-16-21/h4,11-12,15-18,20,22H,2-3,5-10,13-14H2,1H3. The summed E-state index contributed by atoms with van der Waals surface area (Å²) in [5.41, 5.74) is 2.15. The molecule has 0 aromatic heterocycles. The van der Waals surface area contributed by atoms with E-state index < -0.39 is 0 Å². The molecule has 1 saturated carbocycles. The molecule has 0 spiro atoms. The second-order valence-corrected chi connectivity index (χ2v) is 7.19. The zero-order valence-corrected chi connectivity index (χ0v) is 14.7. The summed E-state index contributed by atoms with van der Waals surface area (Å²) in [6, 6.07) is 8.19. The molecule has 0 amide bonds. The van der Waals surface area contributed by atoms with E-state index in [1.165, 1.54) is 56.9 Å². The molecule has 0 heterocycles. The number of carbonyl (C=O) groups excluding carboxylic acids is 1. The highest BCUT2D eigenvalue weighted by molar-refractivity contribution is 5.74. The molecule has 0 aliphatic heterocycles. The van der Waals surface area contributed by atoms with Gasteiger partial charge in [0.1, 0.15) is 6.29 Å². The smallest absolute Gasteiger partial charge is 0.150 e. The first-order chi connectivity index (χ1) is 11.3. The summed E-state index contributed by atoms with van der Waals surface area (Å²) >= 11 is 0. The molecule has 0 bridgehead atoms. The van der Waals surface area contributed by atoms with Crippen LogP contribution in [-0.2, 0) is 0 Å². The lowest BCUT2D eigenvalue weighted by molar-refractivity contribution is 0.112. The molecule has 1 nitrogen and oxygen atoms in total. The van der Waals surface area contributed by atoms with Crippen LogP contribution in [0, 0.1) is 11.8 Å². The monoisotopic (exact) mass is 312 g/mol. The summed E-state index contributed by atoms with van der Waals surface area (Å²) in [6.45, 7) is 6.25. The molecule has 0 N–H and O–H groups in total. The number of rotatable bonds is 9. The quantitative estimate of drug-likeness (QED) is 0.287. The van der Waals surface area contributed by atoms with Crippen molar-refractivity contribution in [2.75, 3.05) is 0 Å². The van der Waals surface area contributed by atoms with Crippen LogP contribution in [0.2, 0.25) is 0 Å². The second-order valence-electron chi connectivity index (χ2n) is 7.19. The Kier molecular flexibility index (Phi) is 7.58. The highest BCUT2D eigenvalue weighted by atomic mass is 16.1. The van der Waals surface area contributed by atoms with Gasteiger partial charge in [-0.1, -0.05) is 75.8 Å². The lowest BCUT2D eigenvalue weighted by atomic mass is 9.71. The van der Waals surface area contributed by atoms with Crippen molar-refractivity contribution in [2.45, 2.75) is 70.6 Å². The van der Waals surface area contributed by atoms with Gasteiger partial charge in [-0.15, -0.1) is 6.58 Å². The maximum Gasteiger partial charge on any atom is 0.150 e. The Hall–Kier alpha value is -1.37. The zero-order valence-electron chi connectivity index (χ0n) is 14.7. The van der Waals surface area contributed by atoms with Crippen LogP contribution >= 0.6 is 0 Å². The summed E-state index contributed by atoms with van der Waals surface area (Å²) < 4.78 is 0. The molecule has 1 aromatic rings. The molecule has 1 fully saturated rings. The normalized spacial score (nSPS) is 22.5. The molecule has 1 aromatic carbocycles. The summed E-state index contributed by atoms with van der Waals surface area (Å²) in [6.07, 6.45) is 15.1. The topological polar surface area (TPSA) is 17.1 Å². The molecular formula is C22H32O. The van der Waals surface area contributed by atoms with Crippen molar-refractivity contribution in [3.05, 3.63) is 48.0 Å². The minimum Gasteiger partial charge on any atom is -0.298 e. The number of hydrogen-bond acceptors (Lipinski definition) is 1. The van der Waals surface area contributed by atoms with Crippen molar-refractivity contribution >= 4 is 6.29 Å². The third-order valence-electron chi connectivity index (χ3n) is 5.60. The van der Waals surface area contributed by atoms with E-state index in [1.807, 2.05) is 12.1 Å². The van der Waals surface area contributed by atoms with Crippen molar-refractivity contribution in [3.63, 3.8) is 0 Å². The SMILES string of the molecule is C=CCC(c1ccc(C=O)cc1)C1CCC(CCCCC)CC1. The van der Waals surface area contributed by atoms with Crippen LogP contribution in [0.15, 0.2) is 36.9 Å². The number of allylic oxidation sites excluding steroid dienone is 1. The molecule has 23 heavy (non-hydrogen) atoms. The van der Waals surface area contributed by atoms with Crippen molar-refractivity contribution in [2.24, 2.45) is 11.8 Å². The number of unbranched alkanes of at least 4 members (excludes halogenated alkanes) is 2. The van der Waals surface area contributed by atoms with E-state index >= 15 is 0 Å². The summed E-state index contributed by atoms with van der Waals surface area (Å²) in [5.74, 6) is 2.31. The molecule has 0 saturated heterocycles. The van der Waals surface area contributed by atoms with Crippen LogP contribution < -0.4 is 0 Å². The molecular weight excluding hydrogens is 280 g/mol. The maximum atomic E-state index is 10.8. The Morgan fingerprint density at radius 1 is 1.13 bits per heavy atom. The van der Waals surface area contributed by atoms with E-state index in [0.29, 0.717) is 5.92 Å². The predicted octanol–water partition coefficient (Wildman–Crippen LogP) is 6.55. The Morgan fingerprint density at radius 3 is 2.39 bits per heavy atom. The Labute approximate surface area is 142 Å². The van der Waals surface area contributed by atoms with Crippen LogP contribution in [0.25, 0.3) is 0 Å². The van der Waals surface area contributed by atoms with Gasteiger partial charge in [-0.05, 0) is 42.6 Å². The van der Waals surface area contributed by atoms with E-state index in [-0.39, 0.29) is 0 Å². The van der Waals surface area contributed by atoms with E-state index in [4.69, 9.17) is 0 Å². The van der Waals surface area contributed by atoms with E-state index in [2.05, 4.69) is 31.7 Å². The van der Waals surface area contributed by atoms with Crippen LogP contribution in [-0.4, -0.2) is 6.29 Å². The van der Waals surface area contributed by atoms with Gasteiger partial charge in [0.15, 0.2) is 0 Å². The van der Waals surface area contributed by atoms with Crippen LogP contribution in [0.3, 0.4) is 0 Å². The fraction of sp³-hybridized carbons (Fsp3) is 0.591. The Morgan fingerprint density at radius 2 is 1.83 bits per heavy atom. The second kappa shape index (κ2) is 9.70. The maximum absolute atomic E-state index is 10.8. The molecule has 126 valence electrons. The predicted molar refractivity (Wildman–Crippen MR) is 99.0 cm³/mol. The first kappa shape index (κ1) is 18.0. The van der Waals surface area contributed by atoms with Crippen molar-refractivity contribution < 1.29 is 4.79 Å². The highest BCUT2D eigenvalue weighted by Gasteiger charge is 2.27. The minimum absolute atomic E-state index is 0.574. The summed E-state index contributed by atoms with van der Waals surface area (Å²) in [5, 5.41) is 0. The van der Waals surface area contributed by atoms with Gasteiger partial charge in [0.05, 0.1) is 0 Å². The molecule has 1 heteroatoms. The number of hydrogen-bond donors (Lipinski definition) is 0. The summed E-state index contributed by atoms with van der Waals surface area (Å²) in [4.78, 5) is 10.8. The van der Waals surface area contributed by atoms with Gasteiger partial charge in [-0.3, -0.25) is 4.79 Å². The van der Waals surface area contributed by atoms with Crippen LogP contribution in [0.1, 0.15) is 86.6 Å². The number of aldehydes is 1. The van der Waals surface area contributed by atoms with Gasteiger partial charge in [0.2, 0.25) is 0 Å². The summed E-state index contributed by atoms with van der Waals surface area (Å²) in [7, 11) is 0. The lowest BCUT2D eigenvalue weighted by Crippen LogP contribution is -2.20. The van der Waals surface area contributed by atoms with Gasteiger partial charge in [0, 0.05) is 5.56 Å². The largest absolute Gasteiger partial charge is 0.298 e. The van der Waals surface area contributed by atoms with Crippen LogP contribution in [0.4, 0.5) is 0 Å². The first-order valence-corrected chi connectivity index (χ1v) is 9.44. The van der Waals surface area contributed by atoms with Crippen LogP contribution in [0.5, 0.6) is 0 Å². The van der Waals surface area contributed by atoms with E-state index in [1.54, 1.807) is 0 Å². The molecule has 0 radical (unpaired) electrons. The number of carbonyl (C=O) groups is 1. The number of benzene rings is 1. The fourth-order valence-electron chi connectivity index (χ4n) is 4.16. The molecule has 1 atom stereocenters. The molecule has 2 rings (SSSR count). The van der Waals surface area contributed by atoms with E-state index in [0.717, 1.165) is 30.1 Å². The molecule has 1 aliphatic carbocycles. The zero-order chi connectivity index (χ0) is 16.5. The Balaban J connectivity index is 1.93. The Bertz CT molecular complexity index is 465. The lowest BCUT2D eigenvalue weighted by Gasteiger charge is -2.34. The van der Waals surface area contributed by atoms with Crippen molar-refractivity contribution in [3.8, 4) is 0 Å². The van der Waals surface area contributed by atoms with Gasteiger partial charge >= 0.3 is 0 Å². The third kappa shape index (κ3) is 5.34. The van der Waals surface area contributed by atoms with Crippen molar-refractivity contribution in [1.29, 1.82) is 0 Å². The minimum atomic E-state index is 0.574. The van der Waals surface area contributed by atoms with Gasteiger partial charge < -0.3 is 0 Å². The first-order valence-electron chi connectivity index (χ1n) is 9.44. The van der Waals surface area contributed by atoms with Crippen molar-refractivity contribution in [1.82, 2.24) is 0 Å². The average molecular weight is 312 g/mol. The van der Waals surface area contributed by atoms with Gasteiger partial charge in [-0.2, -0.15) is 0 Å². The highest BCUT2D eigenvalue weighted by Crippen LogP contribution is 2.41. The molecule has 1 unspecified atom stereocenters. The third-order valence-corrected chi connectivity index (χ3v) is 5.60.